The van der Waals surface area contributed by atoms with Crippen LogP contribution in [0.4, 0.5) is 13.2 Å². The number of alkyl halides is 3. The van der Waals surface area contributed by atoms with E-state index in [2.05, 4.69) is 5.32 Å². The number of rotatable bonds is 4. The molecule has 0 aliphatic heterocycles. The SMILES string of the molecule is CC1C[C@H](C(=O)NCCC(F)(F)F)[C@H](C(=O)O)C1. The fourth-order valence-electron chi connectivity index (χ4n) is 2.31. The third kappa shape index (κ3) is 4.19. The second-order valence-electron chi connectivity index (χ2n) is 4.78. The van der Waals surface area contributed by atoms with Crippen molar-refractivity contribution in [2.75, 3.05) is 6.54 Å². The predicted molar refractivity (Wildman–Crippen MR) is 56.7 cm³/mol. The first-order valence-electron chi connectivity index (χ1n) is 5.78. The lowest BCUT2D eigenvalue weighted by Gasteiger charge is -2.15. The van der Waals surface area contributed by atoms with Gasteiger partial charge in [-0.1, -0.05) is 6.92 Å². The average Bonchev–Trinajstić information content (AvgIpc) is 2.58. The number of aliphatic carboxylic acids is 1. The molecule has 0 aromatic rings. The molecule has 3 atom stereocenters. The van der Waals surface area contributed by atoms with Gasteiger partial charge in [0.1, 0.15) is 0 Å². The molecule has 0 heterocycles. The lowest BCUT2D eigenvalue weighted by atomic mass is 9.95. The van der Waals surface area contributed by atoms with Crippen LogP contribution in [-0.4, -0.2) is 29.7 Å². The van der Waals surface area contributed by atoms with Crippen molar-refractivity contribution in [1.29, 1.82) is 0 Å². The molecule has 0 bridgehead atoms. The maximum Gasteiger partial charge on any atom is 0.390 e. The van der Waals surface area contributed by atoms with Crippen molar-refractivity contribution in [3.63, 3.8) is 0 Å². The van der Waals surface area contributed by atoms with Gasteiger partial charge in [0.15, 0.2) is 0 Å². The highest BCUT2D eigenvalue weighted by atomic mass is 19.4. The number of carbonyl (C=O) groups is 2. The number of halogens is 3. The minimum atomic E-state index is -4.32. The van der Waals surface area contributed by atoms with Crippen LogP contribution in [0.3, 0.4) is 0 Å². The summed E-state index contributed by atoms with van der Waals surface area (Å²) < 4.78 is 35.7. The van der Waals surface area contributed by atoms with Gasteiger partial charge in [0.2, 0.25) is 5.91 Å². The Morgan fingerprint density at radius 2 is 1.83 bits per heavy atom. The third-order valence-electron chi connectivity index (χ3n) is 3.16. The van der Waals surface area contributed by atoms with Crippen molar-refractivity contribution >= 4 is 11.9 Å². The summed E-state index contributed by atoms with van der Waals surface area (Å²) in [5.74, 6) is -3.05. The third-order valence-corrected chi connectivity index (χ3v) is 3.16. The van der Waals surface area contributed by atoms with Crippen molar-refractivity contribution in [1.82, 2.24) is 5.32 Å². The molecule has 0 aromatic carbocycles. The summed E-state index contributed by atoms with van der Waals surface area (Å²) in [7, 11) is 0. The Hall–Kier alpha value is -1.27. The largest absolute Gasteiger partial charge is 0.481 e. The molecule has 1 aliphatic carbocycles. The van der Waals surface area contributed by atoms with E-state index in [0.717, 1.165) is 0 Å². The van der Waals surface area contributed by atoms with Gasteiger partial charge in [-0.05, 0) is 18.8 Å². The minimum Gasteiger partial charge on any atom is -0.481 e. The van der Waals surface area contributed by atoms with Crippen LogP contribution in [0.2, 0.25) is 0 Å². The van der Waals surface area contributed by atoms with E-state index in [1.54, 1.807) is 0 Å². The fourth-order valence-corrected chi connectivity index (χ4v) is 2.31. The first-order chi connectivity index (χ1) is 8.20. The Morgan fingerprint density at radius 1 is 1.28 bits per heavy atom. The fraction of sp³-hybridized carbons (Fsp3) is 0.818. The van der Waals surface area contributed by atoms with E-state index in [9.17, 15) is 22.8 Å². The lowest BCUT2D eigenvalue weighted by Crippen LogP contribution is -2.36. The molecule has 0 aromatic heterocycles. The van der Waals surface area contributed by atoms with Crippen LogP contribution in [0.1, 0.15) is 26.2 Å². The zero-order valence-corrected chi connectivity index (χ0v) is 9.96. The van der Waals surface area contributed by atoms with E-state index in [-0.39, 0.29) is 5.92 Å². The highest BCUT2D eigenvalue weighted by Gasteiger charge is 2.41. The molecule has 2 N–H and O–H groups in total. The van der Waals surface area contributed by atoms with Gasteiger partial charge in [0, 0.05) is 6.54 Å². The maximum atomic E-state index is 11.9. The second kappa shape index (κ2) is 5.58. The van der Waals surface area contributed by atoms with Crippen LogP contribution in [0, 0.1) is 17.8 Å². The number of hydrogen-bond donors (Lipinski definition) is 2. The van der Waals surface area contributed by atoms with Gasteiger partial charge in [0.25, 0.3) is 0 Å². The first kappa shape index (κ1) is 14.8. The van der Waals surface area contributed by atoms with Gasteiger partial charge in [-0.2, -0.15) is 13.2 Å². The van der Waals surface area contributed by atoms with Crippen molar-refractivity contribution < 1.29 is 27.9 Å². The van der Waals surface area contributed by atoms with E-state index in [0.29, 0.717) is 12.8 Å². The van der Waals surface area contributed by atoms with Crippen LogP contribution in [0.5, 0.6) is 0 Å². The molecule has 1 unspecified atom stereocenters. The van der Waals surface area contributed by atoms with Gasteiger partial charge < -0.3 is 10.4 Å². The lowest BCUT2D eigenvalue weighted by molar-refractivity contribution is -0.147. The van der Waals surface area contributed by atoms with Gasteiger partial charge in [-0.25, -0.2) is 0 Å². The molecule has 18 heavy (non-hydrogen) atoms. The number of carboxylic acids is 1. The van der Waals surface area contributed by atoms with Gasteiger partial charge in [-0.15, -0.1) is 0 Å². The second-order valence-corrected chi connectivity index (χ2v) is 4.78. The maximum absolute atomic E-state index is 11.9. The molecule has 104 valence electrons. The Balaban J connectivity index is 2.48. The van der Waals surface area contributed by atoms with E-state index < -0.39 is 42.9 Å². The van der Waals surface area contributed by atoms with E-state index in [1.807, 2.05) is 6.92 Å². The first-order valence-corrected chi connectivity index (χ1v) is 5.78. The Kier molecular flexibility index (Phi) is 4.59. The van der Waals surface area contributed by atoms with E-state index in [4.69, 9.17) is 5.11 Å². The highest BCUT2D eigenvalue weighted by molar-refractivity contribution is 5.85. The van der Waals surface area contributed by atoms with Crippen LogP contribution in [0.25, 0.3) is 0 Å². The minimum absolute atomic E-state index is 0.101. The van der Waals surface area contributed by atoms with Gasteiger partial charge >= 0.3 is 12.1 Å². The average molecular weight is 267 g/mol. The summed E-state index contributed by atoms with van der Waals surface area (Å²) in [5.41, 5.74) is 0. The number of amides is 1. The molecule has 0 spiro atoms. The number of carboxylic acid groups (broad SMARTS) is 1. The standard InChI is InChI=1S/C11H16F3NO3/c1-6-4-7(8(5-6)10(17)18)9(16)15-3-2-11(12,13)14/h6-8H,2-5H2,1H3,(H,15,16)(H,17,18)/t6?,7-,8+/m0/s1. The molecular formula is C11H16F3NO3. The molecular weight excluding hydrogens is 251 g/mol. The Morgan fingerprint density at radius 3 is 2.33 bits per heavy atom. The summed E-state index contributed by atoms with van der Waals surface area (Å²) in [5, 5.41) is 11.1. The quantitative estimate of drug-likeness (QED) is 0.816. The van der Waals surface area contributed by atoms with Crippen LogP contribution >= 0.6 is 0 Å². The number of carbonyl (C=O) groups excluding carboxylic acids is 1. The van der Waals surface area contributed by atoms with Crippen LogP contribution in [-0.2, 0) is 9.59 Å². The van der Waals surface area contributed by atoms with Gasteiger partial charge in [-0.3, -0.25) is 9.59 Å². The zero-order chi connectivity index (χ0) is 13.9. The highest BCUT2D eigenvalue weighted by Crippen LogP contribution is 2.36. The normalized spacial score (nSPS) is 28.1. The predicted octanol–water partition coefficient (Wildman–Crippen LogP) is 1.80. The zero-order valence-electron chi connectivity index (χ0n) is 9.96. The smallest absolute Gasteiger partial charge is 0.390 e. The van der Waals surface area contributed by atoms with Crippen molar-refractivity contribution in [3.05, 3.63) is 0 Å². The van der Waals surface area contributed by atoms with Crippen LogP contribution in [0.15, 0.2) is 0 Å². The topological polar surface area (TPSA) is 66.4 Å². The van der Waals surface area contributed by atoms with Crippen molar-refractivity contribution in [2.45, 2.75) is 32.4 Å². The summed E-state index contributed by atoms with van der Waals surface area (Å²) in [6.45, 7) is 1.33. The van der Waals surface area contributed by atoms with Gasteiger partial charge in [0.05, 0.1) is 18.3 Å². The number of hydrogen-bond acceptors (Lipinski definition) is 2. The van der Waals surface area contributed by atoms with Crippen molar-refractivity contribution in [2.24, 2.45) is 17.8 Å². The molecule has 1 aliphatic rings. The van der Waals surface area contributed by atoms with E-state index >= 15 is 0 Å². The molecule has 1 fully saturated rings. The molecule has 1 amide bonds. The Labute approximate surface area is 103 Å². The summed E-state index contributed by atoms with van der Waals surface area (Å²) in [4.78, 5) is 22.6. The van der Waals surface area contributed by atoms with Crippen molar-refractivity contribution in [3.8, 4) is 0 Å². The monoisotopic (exact) mass is 267 g/mol. The Bertz CT molecular complexity index is 330. The molecule has 1 saturated carbocycles. The number of nitrogens with one attached hydrogen (secondary N) is 1. The summed E-state index contributed by atoms with van der Waals surface area (Å²) in [6, 6.07) is 0. The summed E-state index contributed by atoms with van der Waals surface area (Å²) >= 11 is 0. The molecule has 7 heteroatoms. The van der Waals surface area contributed by atoms with Crippen LogP contribution < -0.4 is 5.32 Å². The molecule has 4 nitrogen and oxygen atoms in total. The summed E-state index contributed by atoms with van der Waals surface area (Å²) in [6.07, 6.45) is -4.61. The molecule has 1 rings (SSSR count). The van der Waals surface area contributed by atoms with E-state index in [1.165, 1.54) is 0 Å². The molecule has 0 radical (unpaired) electrons. The molecule has 0 saturated heterocycles.